The van der Waals surface area contributed by atoms with Crippen LogP contribution in [0, 0.1) is 22.7 Å². The summed E-state index contributed by atoms with van der Waals surface area (Å²) in [5.41, 5.74) is -4.47. The Bertz CT molecular complexity index is 1140. The van der Waals surface area contributed by atoms with Gasteiger partial charge in [0.05, 0.1) is 23.7 Å². The quantitative estimate of drug-likeness (QED) is 0.116. The van der Waals surface area contributed by atoms with Crippen LogP contribution in [0.1, 0.15) is 106 Å². The van der Waals surface area contributed by atoms with E-state index in [2.05, 4.69) is 6.92 Å². The summed E-state index contributed by atoms with van der Waals surface area (Å²) in [6.45, 7) is 12.1. The van der Waals surface area contributed by atoms with Crippen molar-refractivity contribution in [1.82, 2.24) is 0 Å². The third-order valence-corrected chi connectivity index (χ3v) is 11.2. The summed E-state index contributed by atoms with van der Waals surface area (Å²) in [5, 5.41) is 25.0. The van der Waals surface area contributed by atoms with Crippen LogP contribution in [0.3, 0.4) is 0 Å². The first kappa shape index (κ1) is 33.6. The van der Waals surface area contributed by atoms with Gasteiger partial charge in [0, 0.05) is 37.5 Å². The molecular formula is C33H50O10. The number of aliphatic hydroxyl groups is 2. The molecule has 43 heavy (non-hydrogen) atoms. The number of hydrogen-bond donors (Lipinski definition) is 2. The average molecular weight is 607 g/mol. The van der Waals surface area contributed by atoms with E-state index in [0.29, 0.717) is 31.3 Å². The number of fused-ring (bicyclic) bond motifs is 5. The van der Waals surface area contributed by atoms with Gasteiger partial charge in [-0.2, -0.15) is 0 Å². The zero-order valence-electron chi connectivity index (χ0n) is 26.8. The number of carbonyl (C=O) groups is 4. The smallest absolute Gasteiger partial charge is 0.303 e. The van der Waals surface area contributed by atoms with Gasteiger partial charge in [0.1, 0.15) is 12.2 Å². The number of ketones is 1. The largest absolute Gasteiger partial charge is 0.464 e. The van der Waals surface area contributed by atoms with Crippen LogP contribution in [-0.2, 0) is 38.1 Å². The lowest BCUT2D eigenvalue weighted by Gasteiger charge is -2.68. The summed E-state index contributed by atoms with van der Waals surface area (Å²) in [6.07, 6.45) is 1.59. The Balaban J connectivity index is 2.03. The minimum atomic E-state index is -1.67. The summed E-state index contributed by atoms with van der Waals surface area (Å²) >= 11 is 0. The molecule has 9 atom stereocenters. The van der Waals surface area contributed by atoms with Crippen molar-refractivity contribution in [3.63, 3.8) is 0 Å². The number of rotatable bonds is 11. The molecule has 2 bridgehead atoms. The maximum atomic E-state index is 15.0. The molecular weight excluding hydrogens is 556 g/mol. The number of carbonyl (C=O) groups excluding carboxylic acids is 4. The molecule has 1 heterocycles. The van der Waals surface area contributed by atoms with Crippen LogP contribution in [0.4, 0.5) is 0 Å². The molecule has 0 aromatic rings. The minimum absolute atomic E-state index is 0.00159. The molecule has 2 N–H and O–H groups in total. The van der Waals surface area contributed by atoms with Crippen LogP contribution in [0.2, 0.25) is 0 Å². The average Bonchev–Trinajstić information content (AvgIpc) is 2.91. The Morgan fingerprint density at radius 2 is 1.79 bits per heavy atom. The van der Waals surface area contributed by atoms with E-state index in [4.69, 9.17) is 18.9 Å². The topological polar surface area (TPSA) is 146 Å². The molecule has 4 aliphatic rings. The molecule has 1 aliphatic heterocycles. The van der Waals surface area contributed by atoms with Gasteiger partial charge in [-0.05, 0) is 45.1 Å². The molecule has 10 heteroatoms. The molecule has 0 spiro atoms. The van der Waals surface area contributed by atoms with E-state index in [1.165, 1.54) is 13.8 Å². The Hall–Kier alpha value is -2.30. The van der Waals surface area contributed by atoms with Crippen LogP contribution >= 0.6 is 0 Å². The van der Waals surface area contributed by atoms with Crippen LogP contribution in [0.5, 0.6) is 0 Å². The van der Waals surface area contributed by atoms with E-state index < -0.39 is 76.0 Å². The Morgan fingerprint density at radius 3 is 2.35 bits per heavy atom. The fraction of sp³-hybridized carbons (Fsp3) is 0.818. The Morgan fingerprint density at radius 1 is 1.12 bits per heavy atom. The van der Waals surface area contributed by atoms with Gasteiger partial charge in [0.15, 0.2) is 17.5 Å². The second kappa shape index (κ2) is 12.2. The zero-order valence-corrected chi connectivity index (χ0v) is 26.8. The van der Waals surface area contributed by atoms with Crippen molar-refractivity contribution in [2.45, 2.75) is 142 Å². The molecule has 0 amide bonds. The van der Waals surface area contributed by atoms with Gasteiger partial charge in [0.25, 0.3) is 6.47 Å². The Kier molecular flexibility index (Phi) is 9.56. The molecule has 3 fully saturated rings. The predicted molar refractivity (Wildman–Crippen MR) is 155 cm³/mol. The molecule has 3 aliphatic carbocycles. The number of ether oxygens (including phenoxy) is 4. The minimum Gasteiger partial charge on any atom is -0.464 e. The number of hydrogen-bond acceptors (Lipinski definition) is 10. The van der Waals surface area contributed by atoms with Crippen molar-refractivity contribution in [1.29, 1.82) is 0 Å². The summed E-state index contributed by atoms with van der Waals surface area (Å²) in [4.78, 5) is 52.2. The second-order valence-electron chi connectivity index (χ2n) is 14.0. The van der Waals surface area contributed by atoms with Crippen LogP contribution in [-0.4, -0.2) is 76.6 Å². The molecule has 0 radical (unpaired) electrons. The SMILES string of the molecule is CCCCCCCC(OC=O)[C@H]1C2[C@](C)(C(=O)[C@H](OC(C)=O)C3=C(C)CC[C@]1(O)C3(C)C)[C@@H](O)C[C@H]1OC[C@@]21OC(C)=O. The van der Waals surface area contributed by atoms with E-state index in [1.807, 2.05) is 20.8 Å². The van der Waals surface area contributed by atoms with Gasteiger partial charge in [-0.25, -0.2) is 0 Å². The summed E-state index contributed by atoms with van der Waals surface area (Å²) in [6, 6.07) is 0. The van der Waals surface area contributed by atoms with Crippen molar-refractivity contribution in [3.05, 3.63) is 11.1 Å². The number of aliphatic hydroxyl groups excluding tert-OH is 1. The molecule has 2 unspecified atom stereocenters. The highest BCUT2D eigenvalue weighted by Gasteiger charge is 2.77. The van der Waals surface area contributed by atoms with E-state index in [1.54, 1.807) is 6.92 Å². The van der Waals surface area contributed by atoms with Crippen LogP contribution < -0.4 is 0 Å². The van der Waals surface area contributed by atoms with Crippen LogP contribution in [0.15, 0.2) is 11.1 Å². The summed E-state index contributed by atoms with van der Waals surface area (Å²) < 4.78 is 23.6. The Labute approximate surface area is 254 Å². The monoisotopic (exact) mass is 606 g/mol. The van der Waals surface area contributed by atoms with Crippen molar-refractivity contribution in [3.8, 4) is 0 Å². The molecule has 4 rings (SSSR count). The van der Waals surface area contributed by atoms with Crippen molar-refractivity contribution in [2.75, 3.05) is 6.61 Å². The van der Waals surface area contributed by atoms with Gasteiger partial charge < -0.3 is 29.2 Å². The van der Waals surface area contributed by atoms with E-state index in [-0.39, 0.29) is 19.4 Å². The van der Waals surface area contributed by atoms with Crippen molar-refractivity contribution >= 4 is 24.2 Å². The number of allylic oxidation sites excluding steroid dienone is 1. The standard InChI is InChI=1S/C33H50O10/c1-8-9-10-11-12-13-22(41-18-34)26-28-31(7,23(37)16-24-32(28,17-40-24)43-21(4)36)29(38)27(42-20(3)35)25-19(2)14-15-33(26,39)30(25,5)6/h18,22-24,26-28,37,39H,8-17H2,1-7H3/t22?,23-,24+,26-,27+,28?,31+,32-,33+/m0/s1. The first-order chi connectivity index (χ1) is 20.1. The van der Waals surface area contributed by atoms with Crippen LogP contribution in [0.25, 0.3) is 0 Å². The number of Topliss-reactive ketones (excluding diaryl/α,β-unsaturated/α-hetero) is 1. The highest BCUT2D eigenvalue weighted by Crippen LogP contribution is 2.66. The molecule has 10 nitrogen and oxygen atoms in total. The third-order valence-electron chi connectivity index (χ3n) is 11.2. The maximum Gasteiger partial charge on any atom is 0.303 e. The van der Waals surface area contributed by atoms with Gasteiger partial charge in [0.2, 0.25) is 0 Å². The fourth-order valence-corrected chi connectivity index (χ4v) is 9.08. The summed E-state index contributed by atoms with van der Waals surface area (Å²) in [7, 11) is 0. The molecule has 1 saturated heterocycles. The van der Waals surface area contributed by atoms with Gasteiger partial charge in [-0.1, -0.05) is 52.0 Å². The molecule has 0 aromatic heterocycles. The van der Waals surface area contributed by atoms with E-state index >= 15 is 0 Å². The maximum absolute atomic E-state index is 15.0. The first-order valence-electron chi connectivity index (χ1n) is 15.9. The fourth-order valence-electron chi connectivity index (χ4n) is 9.08. The van der Waals surface area contributed by atoms with E-state index in [0.717, 1.165) is 31.3 Å². The predicted octanol–water partition coefficient (Wildman–Crippen LogP) is 3.97. The normalized spacial score (nSPS) is 38.8. The number of esters is 2. The third kappa shape index (κ3) is 5.25. The zero-order chi connectivity index (χ0) is 32.0. The highest BCUT2D eigenvalue weighted by molar-refractivity contribution is 5.95. The van der Waals surface area contributed by atoms with Gasteiger partial charge in [-0.15, -0.1) is 0 Å². The van der Waals surface area contributed by atoms with Crippen molar-refractivity contribution < 1.29 is 48.3 Å². The second-order valence-corrected chi connectivity index (χ2v) is 14.0. The molecule has 242 valence electrons. The summed E-state index contributed by atoms with van der Waals surface area (Å²) in [5.74, 6) is -3.74. The van der Waals surface area contributed by atoms with Gasteiger partial charge in [-0.3, -0.25) is 19.2 Å². The first-order valence-corrected chi connectivity index (χ1v) is 15.9. The van der Waals surface area contributed by atoms with Crippen molar-refractivity contribution in [2.24, 2.45) is 22.7 Å². The van der Waals surface area contributed by atoms with E-state index in [9.17, 15) is 29.4 Å². The van der Waals surface area contributed by atoms with Gasteiger partial charge >= 0.3 is 11.9 Å². The molecule has 0 aromatic carbocycles. The lowest BCUT2D eigenvalue weighted by molar-refractivity contribution is -0.345. The lowest BCUT2D eigenvalue weighted by atomic mass is 9.41. The number of unbranched alkanes of at least 4 members (excludes halogenated alkanes) is 4. The highest BCUT2D eigenvalue weighted by atomic mass is 16.6. The molecule has 2 saturated carbocycles. The lowest BCUT2D eigenvalue weighted by Crippen LogP contribution is -2.80.